The Kier molecular flexibility index (Phi) is 2.89. The van der Waals surface area contributed by atoms with Crippen LogP contribution in [0.3, 0.4) is 0 Å². The maximum Gasteiger partial charge on any atom is 0.442 e. The van der Waals surface area contributed by atoms with Gasteiger partial charge in [0.25, 0.3) is 5.91 Å². The number of pyridine rings is 1. The number of carbonyl (C=O) groups is 1. The summed E-state index contributed by atoms with van der Waals surface area (Å²) >= 11 is 1.14. The lowest BCUT2D eigenvalue weighted by atomic mass is 10.1. The number of thioether (sulfide) groups is 1. The van der Waals surface area contributed by atoms with Crippen molar-refractivity contribution in [3.63, 3.8) is 0 Å². The molecule has 0 aromatic carbocycles. The number of alkyl halides is 3. The minimum absolute atomic E-state index is 0.0475. The van der Waals surface area contributed by atoms with Gasteiger partial charge in [0.1, 0.15) is 5.82 Å². The average Bonchev–Trinajstić information content (AvgIpc) is 2.93. The van der Waals surface area contributed by atoms with E-state index in [1.807, 2.05) is 0 Å². The van der Waals surface area contributed by atoms with Crippen molar-refractivity contribution in [1.82, 2.24) is 9.88 Å². The summed E-state index contributed by atoms with van der Waals surface area (Å²) in [5.41, 5.74) is -2.97. The Morgan fingerprint density at radius 1 is 1.40 bits per heavy atom. The molecule has 3 rings (SSSR count). The molecule has 0 bridgehead atoms. The molecule has 20 heavy (non-hydrogen) atoms. The Balaban J connectivity index is 2.03. The van der Waals surface area contributed by atoms with Gasteiger partial charge in [-0.1, -0.05) is 17.8 Å². The van der Waals surface area contributed by atoms with E-state index in [1.54, 1.807) is 6.07 Å². The number of hydrogen-bond donors (Lipinski definition) is 1. The second-order valence-corrected chi connectivity index (χ2v) is 5.31. The predicted molar refractivity (Wildman–Crippen MR) is 68.3 cm³/mol. The molecule has 3 heterocycles. The maximum absolute atomic E-state index is 13.4. The topological polar surface area (TPSA) is 57.6 Å². The molecule has 1 aromatic heterocycles. The average molecular weight is 302 g/mol. The highest BCUT2D eigenvalue weighted by atomic mass is 32.2. The molecule has 1 atom stereocenters. The summed E-state index contributed by atoms with van der Waals surface area (Å²) in [5, 5.41) is 2.25. The van der Waals surface area contributed by atoms with Crippen LogP contribution in [0.2, 0.25) is 0 Å². The van der Waals surface area contributed by atoms with Gasteiger partial charge in [-0.2, -0.15) is 13.2 Å². The van der Waals surface area contributed by atoms with E-state index in [9.17, 15) is 18.0 Å². The molecule has 0 saturated carbocycles. The highest BCUT2D eigenvalue weighted by Gasteiger charge is 2.67. The number of amidine groups is 1. The monoisotopic (exact) mass is 302 g/mol. The first-order chi connectivity index (χ1) is 9.44. The third-order valence-electron chi connectivity index (χ3n) is 2.98. The van der Waals surface area contributed by atoms with Crippen LogP contribution < -0.4 is 5.32 Å². The summed E-state index contributed by atoms with van der Waals surface area (Å²) in [5.74, 6) is -0.591. The number of halogens is 3. The Labute approximate surface area is 116 Å². The number of nitrogens with one attached hydrogen (secondary N) is 1. The minimum atomic E-state index is -4.85. The number of amides is 1. The summed E-state index contributed by atoms with van der Waals surface area (Å²) in [6.45, 7) is 0.240. The molecule has 9 heteroatoms. The van der Waals surface area contributed by atoms with Crippen molar-refractivity contribution in [2.24, 2.45) is 4.99 Å². The molecule has 1 N–H and O–H groups in total. The van der Waals surface area contributed by atoms with E-state index in [1.165, 1.54) is 18.3 Å². The predicted octanol–water partition coefficient (Wildman–Crippen LogP) is 1.70. The fraction of sp³-hybridized carbons (Fsp3) is 0.364. The molecule has 1 fully saturated rings. The Bertz CT molecular complexity index is 577. The number of nitrogens with zero attached hydrogens (tertiary/aromatic N) is 3. The van der Waals surface area contributed by atoms with E-state index in [0.29, 0.717) is 5.75 Å². The second kappa shape index (κ2) is 4.37. The van der Waals surface area contributed by atoms with E-state index in [2.05, 4.69) is 15.3 Å². The van der Waals surface area contributed by atoms with Crippen LogP contribution in [0.5, 0.6) is 0 Å². The highest BCUT2D eigenvalue weighted by Crippen LogP contribution is 2.42. The van der Waals surface area contributed by atoms with Crippen LogP contribution in [0.15, 0.2) is 29.4 Å². The minimum Gasteiger partial charge on any atom is -0.331 e. The van der Waals surface area contributed by atoms with E-state index in [0.717, 1.165) is 16.7 Å². The molecule has 0 spiro atoms. The van der Waals surface area contributed by atoms with Gasteiger partial charge in [-0.15, -0.1) is 0 Å². The van der Waals surface area contributed by atoms with Crippen LogP contribution in [-0.4, -0.2) is 45.1 Å². The van der Waals surface area contributed by atoms with Crippen LogP contribution in [0.4, 0.5) is 19.0 Å². The number of aliphatic imine (C=N–C) groups is 1. The number of anilines is 1. The van der Waals surface area contributed by atoms with E-state index in [-0.39, 0.29) is 17.5 Å². The molecule has 106 valence electrons. The second-order valence-electron chi connectivity index (χ2n) is 4.25. The molecule has 2 aliphatic heterocycles. The van der Waals surface area contributed by atoms with Crippen molar-refractivity contribution in [3.8, 4) is 0 Å². The third kappa shape index (κ3) is 1.84. The number of aromatic nitrogens is 1. The fourth-order valence-corrected chi connectivity index (χ4v) is 3.02. The summed E-state index contributed by atoms with van der Waals surface area (Å²) in [6, 6.07) is 4.46. The smallest absolute Gasteiger partial charge is 0.331 e. The number of fused-ring (bicyclic) bond motifs is 1. The zero-order valence-electron chi connectivity index (χ0n) is 10.0. The third-order valence-corrected chi connectivity index (χ3v) is 3.94. The largest absolute Gasteiger partial charge is 0.442 e. The van der Waals surface area contributed by atoms with Crippen LogP contribution >= 0.6 is 11.8 Å². The maximum atomic E-state index is 13.4. The summed E-state index contributed by atoms with van der Waals surface area (Å²) < 4.78 is 40.2. The summed E-state index contributed by atoms with van der Waals surface area (Å²) in [6.07, 6.45) is -3.51. The van der Waals surface area contributed by atoms with E-state index in [4.69, 9.17) is 0 Å². The van der Waals surface area contributed by atoms with E-state index < -0.39 is 17.7 Å². The quantitative estimate of drug-likeness (QED) is 0.903. The lowest BCUT2D eigenvalue weighted by Gasteiger charge is -2.29. The lowest BCUT2D eigenvalue weighted by molar-refractivity contribution is -0.185. The molecular formula is C11H9F3N4OS. The SMILES string of the molecule is O=C1N2CCSC2=N[C@@]1(Nc1ccccn1)C(F)(F)F. The van der Waals surface area contributed by atoms with Crippen LogP contribution in [0, 0.1) is 0 Å². The van der Waals surface area contributed by atoms with Gasteiger partial charge in [-0.3, -0.25) is 9.69 Å². The van der Waals surface area contributed by atoms with Crippen molar-refractivity contribution < 1.29 is 18.0 Å². The summed E-state index contributed by atoms with van der Waals surface area (Å²) in [4.78, 5) is 20.6. The molecule has 1 amide bonds. The molecule has 0 unspecified atom stereocenters. The van der Waals surface area contributed by atoms with Crippen LogP contribution in [0.1, 0.15) is 0 Å². The van der Waals surface area contributed by atoms with Gasteiger partial charge in [0.05, 0.1) is 0 Å². The van der Waals surface area contributed by atoms with Gasteiger partial charge in [0.15, 0.2) is 5.17 Å². The van der Waals surface area contributed by atoms with Gasteiger partial charge in [0.2, 0.25) is 0 Å². The van der Waals surface area contributed by atoms with Crippen LogP contribution in [0.25, 0.3) is 0 Å². The number of hydrogen-bond acceptors (Lipinski definition) is 5. The first-order valence-electron chi connectivity index (χ1n) is 5.75. The normalized spacial score (nSPS) is 25.6. The van der Waals surface area contributed by atoms with Crippen molar-refractivity contribution in [2.75, 3.05) is 17.6 Å². The van der Waals surface area contributed by atoms with Gasteiger partial charge in [-0.05, 0) is 12.1 Å². The van der Waals surface area contributed by atoms with Crippen molar-refractivity contribution in [3.05, 3.63) is 24.4 Å². The number of rotatable bonds is 2. The lowest BCUT2D eigenvalue weighted by Crippen LogP contribution is -2.57. The molecule has 2 aliphatic rings. The van der Waals surface area contributed by atoms with Crippen molar-refractivity contribution in [2.45, 2.75) is 11.8 Å². The zero-order chi connectivity index (χ0) is 14.4. The van der Waals surface area contributed by atoms with E-state index >= 15 is 0 Å². The molecule has 1 aromatic rings. The van der Waals surface area contributed by atoms with Crippen LogP contribution in [-0.2, 0) is 4.79 Å². The first-order valence-corrected chi connectivity index (χ1v) is 6.73. The fourth-order valence-electron chi connectivity index (χ4n) is 2.03. The standard InChI is InChI=1S/C11H9F3N4OS/c12-11(13,14)10(16-7-3-1-2-4-15-7)8(19)18-5-6-20-9(18)17-10/h1-4H,5-6H2,(H,15,16)/t10-/m1/s1. The summed E-state index contributed by atoms with van der Waals surface area (Å²) in [7, 11) is 0. The number of carbonyl (C=O) groups excluding carboxylic acids is 1. The van der Waals surface area contributed by atoms with Gasteiger partial charge in [-0.25, -0.2) is 9.98 Å². The molecule has 5 nitrogen and oxygen atoms in total. The highest BCUT2D eigenvalue weighted by molar-refractivity contribution is 8.14. The van der Waals surface area contributed by atoms with Crippen molar-refractivity contribution >= 4 is 28.7 Å². The van der Waals surface area contributed by atoms with Crippen molar-refractivity contribution in [1.29, 1.82) is 0 Å². The molecule has 0 aliphatic carbocycles. The van der Waals surface area contributed by atoms with Gasteiger partial charge in [0, 0.05) is 18.5 Å². The Morgan fingerprint density at radius 2 is 2.20 bits per heavy atom. The Hall–Kier alpha value is -1.77. The van der Waals surface area contributed by atoms with Gasteiger partial charge < -0.3 is 5.32 Å². The Morgan fingerprint density at radius 3 is 2.80 bits per heavy atom. The van der Waals surface area contributed by atoms with Gasteiger partial charge >= 0.3 is 11.8 Å². The first kappa shape index (κ1) is 13.2. The molecule has 1 saturated heterocycles. The molecular weight excluding hydrogens is 293 g/mol. The zero-order valence-corrected chi connectivity index (χ0v) is 10.8. The molecule has 0 radical (unpaired) electrons.